The van der Waals surface area contributed by atoms with Crippen LogP contribution in [0.5, 0.6) is 5.75 Å². The number of rotatable bonds is 8. The second-order valence-electron chi connectivity index (χ2n) is 5.78. The third-order valence-electron chi connectivity index (χ3n) is 3.78. The molecule has 0 radical (unpaired) electrons. The molecular weight excluding hydrogens is 353 g/mol. The predicted molar refractivity (Wildman–Crippen MR) is 95.4 cm³/mol. The van der Waals surface area contributed by atoms with Gasteiger partial charge in [0.25, 0.3) is 5.91 Å². The standard InChI is InChI=1S/C19H18FN3O4/c1-2-9-22(12-15-5-3-14(11-21)4-6-15)19(24)13-27-16-7-8-18(23(25)26)17(20)10-16/h3-8,10H,2,9,12-13H2,1H3. The Morgan fingerprint density at radius 1 is 1.30 bits per heavy atom. The van der Waals surface area contributed by atoms with E-state index < -0.39 is 16.4 Å². The van der Waals surface area contributed by atoms with Gasteiger partial charge < -0.3 is 9.64 Å². The molecule has 0 N–H and O–H groups in total. The number of nitro benzene ring substituents is 1. The van der Waals surface area contributed by atoms with Crippen LogP contribution >= 0.6 is 0 Å². The SMILES string of the molecule is CCCN(Cc1ccc(C#N)cc1)C(=O)COc1ccc([N+](=O)[O-])c(F)c1. The highest BCUT2D eigenvalue weighted by Gasteiger charge is 2.17. The van der Waals surface area contributed by atoms with Crippen molar-refractivity contribution in [1.29, 1.82) is 5.26 Å². The lowest BCUT2D eigenvalue weighted by Crippen LogP contribution is -2.35. The number of halogens is 1. The summed E-state index contributed by atoms with van der Waals surface area (Å²) in [7, 11) is 0. The fraction of sp³-hybridized carbons (Fsp3) is 0.263. The Kier molecular flexibility index (Phi) is 6.83. The first-order chi connectivity index (χ1) is 12.9. The van der Waals surface area contributed by atoms with Crippen molar-refractivity contribution < 1.29 is 18.8 Å². The van der Waals surface area contributed by atoms with Gasteiger partial charge >= 0.3 is 5.69 Å². The molecular formula is C19H18FN3O4. The molecule has 0 aliphatic rings. The summed E-state index contributed by atoms with van der Waals surface area (Å²) in [6.07, 6.45) is 0.744. The number of carbonyl (C=O) groups is 1. The third kappa shape index (κ3) is 5.51. The summed E-state index contributed by atoms with van der Waals surface area (Å²) in [5.41, 5.74) is 0.759. The predicted octanol–water partition coefficient (Wildman–Crippen LogP) is 3.42. The molecule has 8 heteroatoms. The van der Waals surface area contributed by atoms with Crippen LogP contribution < -0.4 is 4.74 Å². The molecule has 0 heterocycles. The van der Waals surface area contributed by atoms with E-state index in [0.717, 1.165) is 24.1 Å². The molecule has 27 heavy (non-hydrogen) atoms. The molecule has 0 fully saturated rings. The molecule has 0 aliphatic carbocycles. The molecule has 0 saturated heterocycles. The van der Waals surface area contributed by atoms with Gasteiger partial charge in [0.15, 0.2) is 6.61 Å². The maximum Gasteiger partial charge on any atom is 0.305 e. The number of benzene rings is 2. The van der Waals surface area contributed by atoms with E-state index in [9.17, 15) is 19.3 Å². The number of nitriles is 1. The first kappa shape index (κ1) is 19.8. The number of carbonyl (C=O) groups excluding carboxylic acids is 1. The average molecular weight is 371 g/mol. The molecule has 0 aromatic heterocycles. The summed E-state index contributed by atoms with van der Waals surface area (Å²) in [6.45, 7) is 2.49. The molecule has 0 unspecified atom stereocenters. The highest BCUT2D eigenvalue weighted by molar-refractivity contribution is 5.77. The maximum atomic E-state index is 13.6. The minimum absolute atomic E-state index is 0.0428. The molecule has 1 amide bonds. The molecule has 0 aliphatic heterocycles. The van der Waals surface area contributed by atoms with Gasteiger partial charge in [0.1, 0.15) is 5.75 Å². The van der Waals surface area contributed by atoms with Crippen molar-refractivity contribution in [1.82, 2.24) is 4.90 Å². The Labute approximate surface area is 155 Å². The molecule has 0 saturated carbocycles. The Bertz CT molecular complexity index is 862. The topological polar surface area (TPSA) is 96.5 Å². The van der Waals surface area contributed by atoms with Gasteiger partial charge in [-0.1, -0.05) is 19.1 Å². The summed E-state index contributed by atoms with van der Waals surface area (Å²) in [6, 6.07) is 12.1. The van der Waals surface area contributed by atoms with Gasteiger partial charge in [-0.15, -0.1) is 0 Å². The van der Waals surface area contributed by atoms with E-state index >= 15 is 0 Å². The van der Waals surface area contributed by atoms with Crippen molar-refractivity contribution >= 4 is 11.6 Å². The lowest BCUT2D eigenvalue weighted by molar-refractivity contribution is -0.387. The largest absolute Gasteiger partial charge is 0.484 e. The molecule has 0 bridgehead atoms. The van der Waals surface area contributed by atoms with E-state index in [1.54, 1.807) is 29.2 Å². The zero-order chi connectivity index (χ0) is 19.8. The molecule has 140 valence electrons. The van der Waals surface area contributed by atoms with Crippen LogP contribution in [0, 0.1) is 27.3 Å². The second-order valence-corrected chi connectivity index (χ2v) is 5.78. The molecule has 2 rings (SSSR count). The minimum atomic E-state index is -1.02. The Morgan fingerprint density at radius 3 is 2.56 bits per heavy atom. The monoisotopic (exact) mass is 371 g/mol. The van der Waals surface area contributed by atoms with Crippen molar-refractivity contribution in [2.75, 3.05) is 13.2 Å². The lowest BCUT2D eigenvalue weighted by atomic mass is 10.1. The van der Waals surface area contributed by atoms with Crippen LogP contribution in [0.1, 0.15) is 24.5 Å². The number of amides is 1. The van der Waals surface area contributed by atoms with Crippen LogP contribution in [0.3, 0.4) is 0 Å². The number of hydrogen-bond acceptors (Lipinski definition) is 5. The first-order valence-electron chi connectivity index (χ1n) is 8.28. The van der Waals surface area contributed by atoms with E-state index in [4.69, 9.17) is 10.00 Å². The normalized spacial score (nSPS) is 10.1. The zero-order valence-corrected chi connectivity index (χ0v) is 14.7. The van der Waals surface area contributed by atoms with Gasteiger partial charge in [-0.05, 0) is 30.2 Å². The van der Waals surface area contributed by atoms with Crippen LogP contribution in [0.15, 0.2) is 42.5 Å². The van der Waals surface area contributed by atoms with Crippen molar-refractivity contribution in [2.45, 2.75) is 19.9 Å². The first-order valence-corrected chi connectivity index (χ1v) is 8.28. The minimum Gasteiger partial charge on any atom is -0.484 e. The quantitative estimate of drug-likeness (QED) is 0.523. The number of ether oxygens (including phenoxy) is 1. The van der Waals surface area contributed by atoms with Gasteiger partial charge in [-0.3, -0.25) is 14.9 Å². The van der Waals surface area contributed by atoms with E-state index in [-0.39, 0.29) is 18.3 Å². The smallest absolute Gasteiger partial charge is 0.305 e. The Hall–Kier alpha value is -3.47. The Morgan fingerprint density at radius 2 is 2.00 bits per heavy atom. The number of hydrogen-bond donors (Lipinski definition) is 0. The van der Waals surface area contributed by atoms with E-state index in [0.29, 0.717) is 18.7 Å². The molecule has 2 aromatic rings. The van der Waals surface area contributed by atoms with Gasteiger partial charge in [0.2, 0.25) is 5.82 Å². The van der Waals surface area contributed by atoms with Crippen LogP contribution in [0.4, 0.5) is 10.1 Å². The highest BCUT2D eigenvalue weighted by atomic mass is 19.1. The molecule has 7 nitrogen and oxygen atoms in total. The van der Waals surface area contributed by atoms with E-state index in [2.05, 4.69) is 0 Å². The summed E-state index contributed by atoms with van der Waals surface area (Å²) in [4.78, 5) is 23.8. The zero-order valence-electron chi connectivity index (χ0n) is 14.7. The van der Waals surface area contributed by atoms with Crippen LogP contribution in [0.2, 0.25) is 0 Å². The van der Waals surface area contributed by atoms with Crippen molar-refractivity contribution in [3.63, 3.8) is 0 Å². The van der Waals surface area contributed by atoms with Crippen LogP contribution in [-0.2, 0) is 11.3 Å². The molecule has 2 aromatic carbocycles. The third-order valence-corrected chi connectivity index (χ3v) is 3.78. The van der Waals surface area contributed by atoms with Crippen molar-refractivity contribution in [3.05, 3.63) is 69.5 Å². The van der Waals surface area contributed by atoms with Crippen LogP contribution in [-0.4, -0.2) is 28.9 Å². The molecule has 0 atom stereocenters. The van der Waals surface area contributed by atoms with Crippen molar-refractivity contribution in [2.24, 2.45) is 0 Å². The summed E-state index contributed by atoms with van der Waals surface area (Å²) in [5, 5.41) is 19.5. The van der Waals surface area contributed by atoms with Gasteiger partial charge in [-0.2, -0.15) is 9.65 Å². The highest BCUT2D eigenvalue weighted by Crippen LogP contribution is 2.22. The van der Waals surface area contributed by atoms with Gasteiger partial charge in [0.05, 0.1) is 16.6 Å². The lowest BCUT2D eigenvalue weighted by Gasteiger charge is -2.22. The van der Waals surface area contributed by atoms with Crippen molar-refractivity contribution in [3.8, 4) is 11.8 Å². The maximum absolute atomic E-state index is 13.6. The van der Waals surface area contributed by atoms with E-state index in [1.165, 1.54) is 6.07 Å². The summed E-state index contributed by atoms with van der Waals surface area (Å²) in [5.74, 6) is -1.27. The van der Waals surface area contributed by atoms with Crippen LogP contribution in [0.25, 0.3) is 0 Å². The Balaban J connectivity index is 2.00. The fourth-order valence-electron chi connectivity index (χ4n) is 2.43. The second kappa shape index (κ2) is 9.29. The van der Waals surface area contributed by atoms with E-state index in [1.807, 2.05) is 13.0 Å². The molecule has 0 spiro atoms. The van der Waals surface area contributed by atoms with Gasteiger partial charge in [0, 0.05) is 25.2 Å². The fourth-order valence-corrected chi connectivity index (χ4v) is 2.43. The summed E-state index contributed by atoms with van der Waals surface area (Å²) >= 11 is 0. The number of nitro groups is 1. The number of nitrogens with zero attached hydrogens (tertiary/aromatic N) is 3. The average Bonchev–Trinajstić information content (AvgIpc) is 2.66. The van der Waals surface area contributed by atoms with Gasteiger partial charge in [-0.25, -0.2) is 0 Å². The summed E-state index contributed by atoms with van der Waals surface area (Å²) < 4.78 is 18.9.